The van der Waals surface area contributed by atoms with Gasteiger partial charge in [-0.15, -0.1) is 11.3 Å². The molecule has 0 unspecified atom stereocenters. The van der Waals surface area contributed by atoms with Crippen molar-refractivity contribution < 1.29 is 23.8 Å². The van der Waals surface area contributed by atoms with Crippen molar-refractivity contribution in [3.8, 4) is 11.5 Å². The number of urea groups is 1. The van der Waals surface area contributed by atoms with Crippen LogP contribution < -0.4 is 14.8 Å². The predicted octanol–water partition coefficient (Wildman–Crippen LogP) is 5.59. The van der Waals surface area contributed by atoms with Crippen LogP contribution in [0.3, 0.4) is 0 Å². The molecule has 8 nitrogen and oxygen atoms in total. The quantitative estimate of drug-likeness (QED) is 0.275. The smallest absolute Gasteiger partial charge is 0.322 e. The highest BCUT2D eigenvalue weighted by Gasteiger charge is 2.22. The molecule has 3 amide bonds. The van der Waals surface area contributed by atoms with Crippen LogP contribution in [0.25, 0.3) is 0 Å². The lowest BCUT2D eigenvalue weighted by atomic mass is 10.1. The molecular formula is C28H34BrN3O5S. The summed E-state index contributed by atoms with van der Waals surface area (Å²) in [4.78, 5) is 32.3. The Kier molecular flexibility index (Phi) is 11.4. The second-order valence-corrected chi connectivity index (χ2v) is 10.9. The molecule has 0 saturated heterocycles. The van der Waals surface area contributed by atoms with E-state index in [1.54, 1.807) is 43.6 Å². The van der Waals surface area contributed by atoms with E-state index in [0.717, 1.165) is 14.9 Å². The summed E-state index contributed by atoms with van der Waals surface area (Å²) in [5.74, 6) is 1.16. The second-order valence-electron chi connectivity index (χ2n) is 8.62. The Bertz CT molecular complexity index is 1220. The third kappa shape index (κ3) is 8.75. The van der Waals surface area contributed by atoms with E-state index in [9.17, 15) is 9.59 Å². The van der Waals surface area contributed by atoms with Crippen LogP contribution in [-0.4, -0.2) is 69.3 Å². The number of carbonyl (C=O) groups is 2. The number of carbonyl (C=O) groups excluding carboxylic acids is 2. The molecule has 0 bridgehead atoms. The molecule has 1 N–H and O–H groups in total. The fourth-order valence-electron chi connectivity index (χ4n) is 3.84. The zero-order valence-corrected chi connectivity index (χ0v) is 24.6. The number of anilines is 1. The van der Waals surface area contributed by atoms with Gasteiger partial charge in [0.15, 0.2) is 11.5 Å². The predicted molar refractivity (Wildman–Crippen MR) is 154 cm³/mol. The number of rotatable bonds is 13. The summed E-state index contributed by atoms with van der Waals surface area (Å²) in [6.45, 7) is 3.52. The van der Waals surface area contributed by atoms with Gasteiger partial charge in [-0.25, -0.2) is 4.79 Å². The maximum atomic E-state index is 13.6. The molecular weight excluding hydrogens is 570 g/mol. The summed E-state index contributed by atoms with van der Waals surface area (Å²) in [5.41, 5.74) is 1.66. The number of aryl methyl sites for hydroxylation is 1. The lowest BCUT2D eigenvalue weighted by molar-refractivity contribution is -0.132. The van der Waals surface area contributed by atoms with Gasteiger partial charge in [-0.1, -0.05) is 28.1 Å². The Balaban J connectivity index is 1.75. The third-order valence-electron chi connectivity index (χ3n) is 5.87. The Labute approximate surface area is 236 Å². The minimum Gasteiger partial charge on any atom is -0.493 e. The van der Waals surface area contributed by atoms with Crippen LogP contribution in [0, 0.1) is 6.92 Å². The van der Waals surface area contributed by atoms with Gasteiger partial charge in [-0.3, -0.25) is 4.79 Å². The molecule has 1 aromatic heterocycles. The van der Waals surface area contributed by atoms with Crippen molar-refractivity contribution in [3.63, 3.8) is 0 Å². The van der Waals surface area contributed by atoms with Gasteiger partial charge in [0.2, 0.25) is 5.91 Å². The van der Waals surface area contributed by atoms with Crippen molar-refractivity contribution in [1.29, 1.82) is 0 Å². The average molecular weight is 605 g/mol. The van der Waals surface area contributed by atoms with Crippen LogP contribution in [0.2, 0.25) is 0 Å². The number of nitrogens with zero attached hydrogens (tertiary/aromatic N) is 2. The topological polar surface area (TPSA) is 80.3 Å². The van der Waals surface area contributed by atoms with Gasteiger partial charge in [0.25, 0.3) is 0 Å². The molecule has 1 heterocycles. The fraction of sp³-hybridized carbons (Fsp3) is 0.357. The Morgan fingerprint density at radius 3 is 2.39 bits per heavy atom. The van der Waals surface area contributed by atoms with Crippen LogP contribution in [0.5, 0.6) is 11.5 Å². The van der Waals surface area contributed by atoms with E-state index in [0.29, 0.717) is 43.3 Å². The Hall–Kier alpha value is -3.08. The number of thiophene rings is 1. The molecule has 38 heavy (non-hydrogen) atoms. The van der Waals surface area contributed by atoms with Crippen molar-refractivity contribution in [1.82, 2.24) is 9.80 Å². The molecule has 0 aliphatic heterocycles. The van der Waals surface area contributed by atoms with E-state index in [1.807, 2.05) is 55.5 Å². The first kappa shape index (κ1) is 29.5. The minimum atomic E-state index is -0.361. The number of hydrogen-bond donors (Lipinski definition) is 1. The highest BCUT2D eigenvalue weighted by molar-refractivity contribution is 9.10. The number of methoxy groups -OCH3 is 3. The van der Waals surface area contributed by atoms with Crippen LogP contribution in [-0.2, 0) is 22.5 Å². The summed E-state index contributed by atoms with van der Waals surface area (Å²) in [6, 6.07) is 16.8. The lowest BCUT2D eigenvalue weighted by Crippen LogP contribution is -2.46. The first-order valence-electron chi connectivity index (χ1n) is 12.2. The number of ether oxygens (including phenoxy) is 3. The van der Waals surface area contributed by atoms with Gasteiger partial charge in [0.1, 0.15) is 6.54 Å². The maximum Gasteiger partial charge on any atom is 0.322 e. The third-order valence-corrected chi connectivity index (χ3v) is 7.35. The van der Waals surface area contributed by atoms with Crippen LogP contribution in [0.1, 0.15) is 15.3 Å². The summed E-state index contributed by atoms with van der Waals surface area (Å²) < 4.78 is 16.8. The Morgan fingerprint density at radius 1 is 0.947 bits per heavy atom. The summed E-state index contributed by atoms with van der Waals surface area (Å²) in [6.07, 6.45) is 0.624. The zero-order chi connectivity index (χ0) is 27.5. The van der Waals surface area contributed by atoms with E-state index in [2.05, 4.69) is 21.2 Å². The molecule has 3 aromatic rings. The number of halogens is 1. The first-order valence-corrected chi connectivity index (χ1v) is 13.8. The van der Waals surface area contributed by atoms with Crippen LogP contribution in [0.15, 0.2) is 59.1 Å². The van der Waals surface area contributed by atoms with E-state index in [1.165, 1.54) is 9.78 Å². The molecule has 0 aliphatic rings. The highest BCUT2D eigenvalue weighted by atomic mass is 79.9. The minimum absolute atomic E-state index is 0.0700. The van der Waals surface area contributed by atoms with Gasteiger partial charge < -0.3 is 29.3 Å². The van der Waals surface area contributed by atoms with Crippen molar-refractivity contribution in [2.75, 3.05) is 52.9 Å². The lowest BCUT2D eigenvalue weighted by Gasteiger charge is -2.28. The normalized spacial score (nSPS) is 10.7. The largest absolute Gasteiger partial charge is 0.493 e. The highest BCUT2D eigenvalue weighted by Crippen LogP contribution is 2.28. The SMILES string of the molecule is COCCN(CC(=O)N(CCc1ccc(OC)c(OC)c1)Cc1ccc(C)s1)C(=O)Nc1cccc(Br)c1. The van der Waals surface area contributed by atoms with Gasteiger partial charge in [0.05, 0.1) is 27.4 Å². The van der Waals surface area contributed by atoms with E-state index in [-0.39, 0.29) is 25.0 Å². The molecule has 2 aromatic carbocycles. The second kappa shape index (κ2) is 14.8. The van der Waals surface area contributed by atoms with E-state index in [4.69, 9.17) is 14.2 Å². The summed E-state index contributed by atoms with van der Waals surface area (Å²) in [5, 5.41) is 2.88. The van der Waals surface area contributed by atoms with E-state index >= 15 is 0 Å². The maximum absolute atomic E-state index is 13.6. The number of benzene rings is 2. The van der Waals surface area contributed by atoms with Gasteiger partial charge in [-0.2, -0.15) is 0 Å². The van der Waals surface area contributed by atoms with E-state index < -0.39 is 0 Å². The molecule has 0 spiro atoms. The van der Waals surface area contributed by atoms with Crippen LogP contribution >= 0.6 is 27.3 Å². The average Bonchev–Trinajstić information content (AvgIpc) is 3.32. The van der Waals surface area contributed by atoms with Gasteiger partial charge in [-0.05, 0) is 61.4 Å². The van der Waals surface area contributed by atoms with Crippen molar-refractivity contribution in [2.45, 2.75) is 19.9 Å². The number of nitrogens with one attached hydrogen (secondary N) is 1. The van der Waals surface area contributed by atoms with Crippen LogP contribution in [0.4, 0.5) is 10.5 Å². The Morgan fingerprint density at radius 2 is 1.74 bits per heavy atom. The molecule has 0 aliphatic carbocycles. The van der Waals surface area contributed by atoms with Crippen molar-refractivity contribution >= 4 is 44.9 Å². The summed E-state index contributed by atoms with van der Waals surface area (Å²) >= 11 is 5.08. The molecule has 10 heteroatoms. The van der Waals surface area contributed by atoms with Crippen molar-refractivity contribution in [3.05, 3.63) is 74.4 Å². The molecule has 204 valence electrons. The molecule has 3 rings (SSSR count). The van der Waals surface area contributed by atoms with Crippen molar-refractivity contribution in [2.24, 2.45) is 0 Å². The molecule has 0 saturated carbocycles. The molecule has 0 atom stereocenters. The molecule has 0 radical (unpaired) electrons. The first-order chi connectivity index (χ1) is 18.3. The monoisotopic (exact) mass is 603 g/mol. The zero-order valence-electron chi connectivity index (χ0n) is 22.2. The molecule has 0 fully saturated rings. The number of hydrogen-bond acceptors (Lipinski definition) is 6. The fourth-order valence-corrected chi connectivity index (χ4v) is 5.14. The van der Waals surface area contributed by atoms with Gasteiger partial charge in [0, 0.05) is 40.1 Å². The van der Waals surface area contributed by atoms with Gasteiger partial charge >= 0.3 is 6.03 Å². The standard InChI is InChI=1S/C28H34BrN3O5S/c1-20-8-10-24(38-20)18-31(13-12-21-9-11-25(36-3)26(16-21)37-4)27(33)19-32(14-15-35-2)28(34)30-23-7-5-6-22(29)17-23/h5-11,16-17H,12-15,18-19H2,1-4H3,(H,30,34). The summed E-state index contributed by atoms with van der Waals surface area (Å²) in [7, 11) is 4.77. The number of amides is 3.